The Balaban J connectivity index is 1.34. The Morgan fingerprint density at radius 3 is 2.23 bits per heavy atom. The molecule has 0 fully saturated rings. The molecule has 3 N–H and O–H groups in total. The van der Waals surface area contributed by atoms with E-state index < -0.39 is 11.9 Å². The first-order chi connectivity index (χ1) is 16.9. The van der Waals surface area contributed by atoms with Crippen LogP contribution in [0.15, 0.2) is 89.1 Å². The summed E-state index contributed by atoms with van der Waals surface area (Å²) in [5.41, 5.74) is 2.35. The molecule has 0 bridgehead atoms. The van der Waals surface area contributed by atoms with Crippen LogP contribution in [-0.4, -0.2) is 33.1 Å². The van der Waals surface area contributed by atoms with Gasteiger partial charge in [0.15, 0.2) is 5.13 Å². The van der Waals surface area contributed by atoms with Crippen LogP contribution in [0.5, 0.6) is 0 Å². The van der Waals surface area contributed by atoms with Crippen LogP contribution in [-0.2, 0) is 4.79 Å². The molecule has 0 saturated carbocycles. The number of rotatable bonds is 8. The smallest absolute Gasteiger partial charge is 0.336 e. The van der Waals surface area contributed by atoms with E-state index >= 15 is 0 Å². The molecule has 1 unspecified atom stereocenters. The van der Waals surface area contributed by atoms with Crippen molar-refractivity contribution in [3.05, 3.63) is 95.4 Å². The highest BCUT2D eigenvalue weighted by atomic mass is 32.2. The van der Waals surface area contributed by atoms with Crippen LogP contribution < -0.4 is 10.6 Å². The van der Waals surface area contributed by atoms with Gasteiger partial charge in [0.2, 0.25) is 5.91 Å². The highest BCUT2D eigenvalue weighted by molar-refractivity contribution is 8.00. The third kappa shape index (κ3) is 6.14. The maximum atomic E-state index is 12.6. The lowest BCUT2D eigenvalue weighted by Gasteiger charge is -2.12. The van der Waals surface area contributed by atoms with E-state index in [0.29, 0.717) is 10.8 Å². The van der Waals surface area contributed by atoms with Gasteiger partial charge >= 0.3 is 5.97 Å². The molecule has 3 aromatic carbocycles. The number of thioether (sulfide) groups is 1. The number of nitrogens with zero attached hydrogens (tertiary/aromatic N) is 1. The molecule has 0 aliphatic heterocycles. The topological polar surface area (TPSA) is 108 Å². The molecule has 1 heterocycles. The molecule has 9 heteroatoms. The normalized spacial score (nSPS) is 11.5. The lowest BCUT2D eigenvalue weighted by molar-refractivity contribution is -0.115. The van der Waals surface area contributed by atoms with E-state index in [1.165, 1.54) is 35.2 Å². The summed E-state index contributed by atoms with van der Waals surface area (Å²) >= 11 is 2.75. The number of hydrogen-bond acceptors (Lipinski definition) is 6. The molecular weight excluding hydrogens is 482 g/mol. The van der Waals surface area contributed by atoms with E-state index in [1.54, 1.807) is 36.4 Å². The van der Waals surface area contributed by atoms with Crippen LogP contribution in [0.4, 0.5) is 10.8 Å². The van der Waals surface area contributed by atoms with Crippen molar-refractivity contribution in [1.82, 2.24) is 4.98 Å². The number of carboxylic acids is 1. The summed E-state index contributed by atoms with van der Waals surface area (Å²) in [7, 11) is 0. The quantitative estimate of drug-likeness (QED) is 0.259. The average Bonchev–Trinajstić information content (AvgIpc) is 3.34. The maximum absolute atomic E-state index is 12.6. The Kier molecular flexibility index (Phi) is 7.59. The number of aromatic carboxylic acids is 1. The molecule has 0 saturated heterocycles. The summed E-state index contributed by atoms with van der Waals surface area (Å²) in [6.45, 7) is 1.81. The third-order valence-corrected chi connectivity index (χ3v) is 6.87. The Labute approximate surface area is 210 Å². The van der Waals surface area contributed by atoms with Gasteiger partial charge in [-0.3, -0.25) is 9.59 Å². The molecular formula is C26H21N3O4S2. The van der Waals surface area contributed by atoms with Gasteiger partial charge in [0, 0.05) is 21.5 Å². The molecule has 1 aromatic heterocycles. The zero-order chi connectivity index (χ0) is 24.8. The van der Waals surface area contributed by atoms with Crippen molar-refractivity contribution >= 4 is 51.7 Å². The monoisotopic (exact) mass is 503 g/mol. The van der Waals surface area contributed by atoms with Gasteiger partial charge in [-0.05, 0) is 43.3 Å². The van der Waals surface area contributed by atoms with Crippen LogP contribution in [0, 0.1) is 0 Å². The van der Waals surface area contributed by atoms with Gasteiger partial charge in [0.1, 0.15) is 0 Å². The second-order valence-corrected chi connectivity index (χ2v) is 9.75. The molecule has 2 amide bonds. The van der Waals surface area contributed by atoms with Crippen LogP contribution in [0.1, 0.15) is 27.6 Å². The average molecular weight is 504 g/mol. The Morgan fingerprint density at radius 2 is 1.54 bits per heavy atom. The molecule has 0 radical (unpaired) electrons. The molecule has 0 aliphatic carbocycles. The van der Waals surface area contributed by atoms with Crippen LogP contribution >= 0.6 is 23.1 Å². The van der Waals surface area contributed by atoms with Gasteiger partial charge in [-0.15, -0.1) is 23.1 Å². The van der Waals surface area contributed by atoms with Crippen molar-refractivity contribution in [2.24, 2.45) is 0 Å². The largest absolute Gasteiger partial charge is 0.478 e. The van der Waals surface area contributed by atoms with Gasteiger partial charge in [-0.1, -0.05) is 42.5 Å². The Hall–Kier alpha value is -3.95. The molecule has 0 spiro atoms. The first kappa shape index (κ1) is 24.2. The summed E-state index contributed by atoms with van der Waals surface area (Å²) in [5, 5.41) is 16.9. The van der Waals surface area contributed by atoms with Crippen molar-refractivity contribution < 1.29 is 19.5 Å². The second kappa shape index (κ2) is 11.0. The van der Waals surface area contributed by atoms with Crippen LogP contribution in [0.2, 0.25) is 0 Å². The summed E-state index contributed by atoms with van der Waals surface area (Å²) in [4.78, 5) is 41.9. The number of amides is 2. The first-order valence-electron chi connectivity index (χ1n) is 10.6. The van der Waals surface area contributed by atoms with E-state index in [1.807, 2.05) is 42.6 Å². The summed E-state index contributed by atoms with van der Waals surface area (Å²) in [6.07, 6.45) is 0. The summed E-state index contributed by atoms with van der Waals surface area (Å²) < 4.78 is 0. The summed E-state index contributed by atoms with van der Waals surface area (Å²) in [6, 6.07) is 22.8. The van der Waals surface area contributed by atoms with Crippen molar-refractivity contribution in [3.8, 4) is 11.3 Å². The Bertz CT molecular complexity index is 1350. The SMILES string of the molecule is CC(Sc1ccc(NC(=O)c2ccccc2C(=O)O)cc1)C(=O)Nc1nc(-c2ccccc2)cs1. The van der Waals surface area contributed by atoms with Gasteiger partial charge < -0.3 is 15.7 Å². The molecule has 35 heavy (non-hydrogen) atoms. The van der Waals surface area contributed by atoms with E-state index in [9.17, 15) is 19.5 Å². The number of anilines is 2. The number of hydrogen-bond donors (Lipinski definition) is 3. The number of carbonyl (C=O) groups is 3. The van der Waals surface area contributed by atoms with Crippen LogP contribution in [0.3, 0.4) is 0 Å². The second-order valence-electron chi connectivity index (χ2n) is 7.48. The molecule has 1 atom stereocenters. The fourth-order valence-electron chi connectivity index (χ4n) is 3.22. The highest BCUT2D eigenvalue weighted by Crippen LogP contribution is 2.28. The van der Waals surface area contributed by atoms with Crippen molar-refractivity contribution in [3.63, 3.8) is 0 Å². The van der Waals surface area contributed by atoms with Crippen molar-refractivity contribution in [2.45, 2.75) is 17.1 Å². The van der Waals surface area contributed by atoms with Crippen molar-refractivity contribution in [2.75, 3.05) is 10.6 Å². The predicted octanol–water partition coefficient (Wildman–Crippen LogP) is 5.88. The number of carboxylic acid groups (broad SMARTS) is 1. The Morgan fingerprint density at radius 1 is 0.886 bits per heavy atom. The molecule has 176 valence electrons. The number of benzene rings is 3. The maximum Gasteiger partial charge on any atom is 0.336 e. The number of nitrogens with one attached hydrogen (secondary N) is 2. The zero-order valence-corrected chi connectivity index (χ0v) is 20.2. The minimum absolute atomic E-state index is 0.0619. The fourth-order valence-corrected chi connectivity index (χ4v) is 4.81. The van der Waals surface area contributed by atoms with Gasteiger partial charge in [0.25, 0.3) is 5.91 Å². The summed E-state index contributed by atoms with van der Waals surface area (Å²) in [5.74, 6) is -1.83. The molecule has 4 rings (SSSR count). The highest BCUT2D eigenvalue weighted by Gasteiger charge is 2.18. The van der Waals surface area contributed by atoms with Gasteiger partial charge in [-0.25, -0.2) is 9.78 Å². The van der Waals surface area contributed by atoms with E-state index in [4.69, 9.17) is 0 Å². The minimum atomic E-state index is -1.16. The standard InChI is InChI=1S/C26H21N3O4S2/c1-16(23(30)29-26-28-22(15-34-26)17-7-3-2-4-8-17)35-19-13-11-18(12-14-19)27-24(31)20-9-5-6-10-21(20)25(32)33/h2-16H,1H3,(H,27,31)(H,32,33)(H,28,29,30). The van der Waals surface area contributed by atoms with Gasteiger partial charge in [0.05, 0.1) is 22.1 Å². The number of carbonyl (C=O) groups excluding carboxylic acids is 2. The number of thiazole rings is 1. The molecule has 7 nitrogen and oxygen atoms in total. The third-order valence-electron chi connectivity index (χ3n) is 5.00. The fraction of sp³-hybridized carbons (Fsp3) is 0.0769. The zero-order valence-electron chi connectivity index (χ0n) is 18.6. The lowest BCUT2D eigenvalue weighted by Crippen LogP contribution is -2.22. The first-order valence-corrected chi connectivity index (χ1v) is 12.4. The van der Waals surface area contributed by atoms with E-state index in [0.717, 1.165) is 16.2 Å². The van der Waals surface area contributed by atoms with E-state index in [-0.39, 0.29) is 22.3 Å². The number of aromatic nitrogens is 1. The predicted molar refractivity (Wildman–Crippen MR) is 139 cm³/mol. The van der Waals surface area contributed by atoms with Crippen LogP contribution in [0.25, 0.3) is 11.3 Å². The minimum Gasteiger partial charge on any atom is -0.478 e. The van der Waals surface area contributed by atoms with Crippen molar-refractivity contribution in [1.29, 1.82) is 0 Å². The molecule has 0 aliphatic rings. The van der Waals surface area contributed by atoms with Gasteiger partial charge in [-0.2, -0.15) is 0 Å². The lowest BCUT2D eigenvalue weighted by atomic mass is 10.1. The molecule has 4 aromatic rings. The van der Waals surface area contributed by atoms with E-state index in [2.05, 4.69) is 15.6 Å².